The molecule has 4 rings (SSSR count). The lowest BCUT2D eigenvalue weighted by Gasteiger charge is -2.31. The van der Waals surface area contributed by atoms with Gasteiger partial charge in [0.05, 0.1) is 5.69 Å². The van der Waals surface area contributed by atoms with Crippen molar-refractivity contribution in [3.8, 4) is 5.69 Å². The Labute approximate surface area is 157 Å². The molecular weight excluding hydrogens is 343 g/mol. The lowest BCUT2D eigenvalue weighted by atomic mass is 9.95. The summed E-state index contributed by atoms with van der Waals surface area (Å²) in [6, 6.07) is 16.4. The number of nitrogens with zero attached hydrogens (tertiary/aromatic N) is 4. The van der Waals surface area contributed by atoms with Crippen molar-refractivity contribution in [3.05, 3.63) is 82.3 Å². The predicted molar refractivity (Wildman–Crippen MR) is 102 cm³/mol. The van der Waals surface area contributed by atoms with Crippen molar-refractivity contribution in [2.24, 2.45) is 7.05 Å². The number of hydrogen-bond acceptors (Lipinski definition) is 3. The third-order valence-electron chi connectivity index (χ3n) is 5.24. The summed E-state index contributed by atoms with van der Waals surface area (Å²) in [5.41, 5.74) is 1.87. The summed E-state index contributed by atoms with van der Waals surface area (Å²) >= 11 is 0. The molecule has 0 radical (unpaired) electrons. The summed E-state index contributed by atoms with van der Waals surface area (Å²) in [7, 11) is 1.70. The molecule has 1 aromatic heterocycles. The van der Waals surface area contributed by atoms with Gasteiger partial charge in [0.25, 0.3) is 0 Å². The first-order valence-corrected chi connectivity index (χ1v) is 9.30. The van der Waals surface area contributed by atoms with Crippen LogP contribution in [0.3, 0.4) is 0 Å². The molecule has 3 aromatic rings. The third-order valence-corrected chi connectivity index (χ3v) is 5.24. The molecule has 0 saturated carbocycles. The van der Waals surface area contributed by atoms with Gasteiger partial charge in [-0.15, -0.1) is 0 Å². The van der Waals surface area contributed by atoms with Crippen LogP contribution in [0.5, 0.6) is 0 Å². The van der Waals surface area contributed by atoms with Crippen LogP contribution >= 0.6 is 0 Å². The molecule has 2 heterocycles. The van der Waals surface area contributed by atoms with E-state index in [1.54, 1.807) is 11.6 Å². The van der Waals surface area contributed by atoms with E-state index < -0.39 is 0 Å². The van der Waals surface area contributed by atoms with Crippen LogP contribution in [0.25, 0.3) is 5.69 Å². The smallest absolute Gasteiger partial charge is 0.299 e. The molecule has 1 aliphatic heterocycles. The van der Waals surface area contributed by atoms with Crippen LogP contribution in [-0.2, 0) is 13.6 Å². The first-order valence-electron chi connectivity index (χ1n) is 9.30. The highest BCUT2D eigenvalue weighted by Gasteiger charge is 2.26. The Bertz CT molecular complexity index is 954. The number of halogens is 1. The predicted octanol–water partition coefficient (Wildman–Crippen LogP) is 3.09. The van der Waals surface area contributed by atoms with E-state index in [4.69, 9.17) is 0 Å². The monoisotopic (exact) mass is 366 g/mol. The number of aryl methyl sites for hydroxylation is 1. The second-order valence-electron chi connectivity index (χ2n) is 7.11. The van der Waals surface area contributed by atoms with E-state index >= 15 is 0 Å². The van der Waals surface area contributed by atoms with Crippen molar-refractivity contribution < 1.29 is 4.39 Å². The highest BCUT2D eigenvalue weighted by atomic mass is 19.1. The third kappa shape index (κ3) is 3.71. The minimum absolute atomic E-state index is 0.107. The molecule has 6 heteroatoms. The lowest BCUT2D eigenvalue weighted by molar-refractivity contribution is 0.201. The van der Waals surface area contributed by atoms with Gasteiger partial charge in [-0.05, 0) is 55.8 Å². The number of aromatic nitrogens is 3. The Kier molecular flexibility index (Phi) is 4.90. The second kappa shape index (κ2) is 7.48. The number of benzene rings is 2. The van der Waals surface area contributed by atoms with Gasteiger partial charge in [0.1, 0.15) is 11.6 Å². The number of para-hydroxylation sites is 1. The molecular formula is C21H23FN4O. The standard InChI is InChI=1S/C21H23FN4O/c1-24-21(27)26(19-5-3-2-4-6-19)20(23-24)17-11-13-25(14-12-17)15-16-7-9-18(22)10-8-16/h2-10,17H,11-15H2,1H3. The zero-order chi connectivity index (χ0) is 18.8. The molecule has 0 amide bonds. The van der Waals surface area contributed by atoms with Gasteiger partial charge in [0.2, 0.25) is 0 Å². The quantitative estimate of drug-likeness (QED) is 0.713. The van der Waals surface area contributed by atoms with Crippen LogP contribution in [0, 0.1) is 5.82 Å². The van der Waals surface area contributed by atoms with E-state index in [0.29, 0.717) is 0 Å². The maximum Gasteiger partial charge on any atom is 0.350 e. The normalized spacial score (nSPS) is 15.9. The van der Waals surface area contributed by atoms with E-state index in [0.717, 1.165) is 49.6 Å². The highest BCUT2D eigenvalue weighted by molar-refractivity contribution is 5.33. The molecule has 2 aromatic carbocycles. The zero-order valence-corrected chi connectivity index (χ0v) is 15.4. The van der Waals surface area contributed by atoms with Gasteiger partial charge >= 0.3 is 5.69 Å². The molecule has 0 N–H and O–H groups in total. The highest BCUT2D eigenvalue weighted by Crippen LogP contribution is 2.28. The molecule has 27 heavy (non-hydrogen) atoms. The number of piperidine rings is 1. The topological polar surface area (TPSA) is 43.1 Å². The van der Waals surface area contributed by atoms with Crippen molar-refractivity contribution in [2.75, 3.05) is 13.1 Å². The van der Waals surface area contributed by atoms with Crippen molar-refractivity contribution in [3.63, 3.8) is 0 Å². The van der Waals surface area contributed by atoms with Gasteiger partial charge in [-0.25, -0.2) is 18.4 Å². The maximum atomic E-state index is 13.1. The van der Waals surface area contributed by atoms with Crippen LogP contribution in [0.2, 0.25) is 0 Å². The first-order chi connectivity index (χ1) is 13.1. The van der Waals surface area contributed by atoms with E-state index in [2.05, 4.69) is 10.00 Å². The molecule has 5 nitrogen and oxygen atoms in total. The lowest BCUT2D eigenvalue weighted by Crippen LogP contribution is -2.33. The average Bonchev–Trinajstić information content (AvgIpc) is 3.00. The van der Waals surface area contributed by atoms with Crippen LogP contribution in [0.15, 0.2) is 59.4 Å². The van der Waals surface area contributed by atoms with E-state index in [1.165, 1.54) is 16.8 Å². The molecule has 140 valence electrons. The Balaban J connectivity index is 1.49. The van der Waals surface area contributed by atoms with Crippen molar-refractivity contribution in [1.29, 1.82) is 0 Å². The summed E-state index contributed by atoms with van der Waals surface area (Å²) in [6.07, 6.45) is 1.90. The van der Waals surface area contributed by atoms with Gasteiger partial charge in [-0.1, -0.05) is 30.3 Å². The maximum absolute atomic E-state index is 13.1. The Morgan fingerprint density at radius 3 is 2.37 bits per heavy atom. The van der Waals surface area contributed by atoms with Crippen LogP contribution in [0.1, 0.15) is 30.1 Å². The van der Waals surface area contributed by atoms with Crippen molar-refractivity contribution >= 4 is 0 Å². The summed E-state index contributed by atoms with van der Waals surface area (Å²) in [5.74, 6) is 0.894. The molecule has 1 aliphatic rings. The van der Waals surface area contributed by atoms with Crippen molar-refractivity contribution in [2.45, 2.75) is 25.3 Å². The summed E-state index contributed by atoms with van der Waals surface area (Å²) < 4.78 is 16.2. The Morgan fingerprint density at radius 2 is 1.70 bits per heavy atom. The van der Waals surface area contributed by atoms with Crippen molar-refractivity contribution in [1.82, 2.24) is 19.2 Å². The summed E-state index contributed by atoms with van der Waals surface area (Å²) in [5, 5.41) is 4.54. The molecule has 0 aliphatic carbocycles. The fourth-order valence-corrected chi connectivity index (χ4v) is 3.77. The SMILES string of the molecule is Cn1nc(C2CCN(Cc3ccc(F)cc3)CC2)n(-c2ccccc2)c1=O. The molecule has 0 bridgehead atoms. The van der Waals surface area contributed by atoms with Gasteiger partial charge in [0, 0.05) is 19.5 Å². The second-order valence-corrected chi connectivity index (χ2v) is 7.11. The molecule has 1 fully saturated rings. The van der Waals surface area contributed by atoms with Gasteiger partial charge < -0.3 is 0 Å². The molecule has 0 atom stereocenters. The van der Waals surface area contributed by atoms with Crippen LogP contribution in [0.4, 0.5) is 4.39 Å². The Hall–Kier alpha value is -2.73. The number of hydrogen-bond donors (Lipinski definition) is 0. The Morgan fingerprint density at radius 1 is 1.04 bits per heavy atom. The number of likely N-dealkylation sites (tertiary alicyclic amines) is 1. The van der Waals surface area contributed by atoms with Crippen LogP contribution in [-0.4, -0.2) is 32.3 Å². The summed E-state index contributed by atoms with van der Waals surface area (Å²) in [4.78, 5) is 15.0. The largest absolute Gasteiger partial charge is 0.350 e. The minimum atomic E-state index is -0.202. The van der Waals surface area contributed by atoms with Gasteiger partial charge in [-0.3, -0.25) is 4.90 Å². The van der Waals surface area contributed by atoms with E-state index in [9.17, 15) is 9.18 Å². The van der Waals surface area contributed by atoms with E-state index in [1.807, 2.05) is 42.5 Å². The fourth-order valence-electron chi connectivity index (χ4n) is 3.77. The van der Waals surface area contributed by atoms with E-state index in [-0.39, 0.29) is 17.4 Å². The van der Waals surface area contributed by atoms with Gasteiger partial charge in [0.15, 0.2) is 0 Å². The fraction of sp³-hybridized carbons (Fsp3) is 0.333. The zero-order valence-electron chi connectivity index (χ0n) is 15.4. The molecule has 1 saturated heterocycles. The first kappa shape index (κ1) is 17.7. The van der Waals surface area contributed by atoms with Gasteiger partial charge in [-0.2, -0.15) is 5.10 Å². The molecule has 0 spiro atoms. The number of rotatable bonds is 4. The minimum Gasteiger partial charge on any atom is -0.299 e. The molecule has 0 unspecified atom stereocenters. The summed E-state index contributed by atoms with van der Waals surface area (Å²) in [6.45, 7) is 2.68. The average molecular weight is 366 g/mol. The van der Waals surface area contributed by atoms with Crippen LogP contribution < -0.4 is 5.69 Å².